The molecule has 0 atom stereocenters. The molecule has 0 aliphatic carbocycles. The molecule has 0 fully saturated rings. The lowest BCUT2D eigenvalue weighted by Gasteiger charge is -2.14. The second-order valence-corrected chi connectivity index (χ2v) is 3.66. The number of carbonyl (C=O) groups is 1. The summed E-state index contributed by atoms with van der Waals surface area (Å²) in [5, 5.41) is 11.8. The molecule has 0 aliphatic heterocycles. The maximum atomic E-state index is 11.8. The van der Waals surface area contributed by atoms with Crippen LogP contribution in [0, 0.1) is 0 Å². The van der Waals surface area contributed by atoms with Gasteiger partial charge in [-0.1, -0.05) is 6.92 Å². The van der Waals surface area contributed by atoms with Crippen molar-refractivity contribution in [1.29, 1.82) is 0 Å². The van der Waals surface area contributed by atoms with E-state index < -0.39 is 0 Å². The van der Waals surface area contributed by atoms with Crippen molar-refractivity contribution >= 4 is 11.7 Å². The first-order chi connectivity index (χ1) is 8.19. The average molecular weight is 238 g/mol. The zero-order valence-corrected chi connectivity index (χ0v) is 10.2. The summed E-state index contributed by atoms with van der Waals surface area (Å²) in [6.45, 7) is 3.11. The fraction of sp³-hybridized carbons (Fsp3) is 0.545. The van der Waals surface area contributed by atoms with Gasteiger partial charge in [0.2, 0.25) is 0 Å². The van der Waals surface area contributed by atoms with Crippen LogP contribution in [-0.4, -0.2) is 52.6 Å². The molecule has 0 aromatic carbocycles. The molecule has 94 valence electrons. The minimum atomic E-state index is -0.242. The van der Waals surface area contributed by atoms with Gasteiger partial charge in [0.1, 0.15) is 11.5 Å². The standard InChI is InChI=1S/C11H18N4O2/c1-3-4-12-10-8-13-9(7-14-10)11(17)15(2)5-6-16/h7-8,16H,3-6H2,1-2H3,(H,12,14). The third kappa shape index (κ3) is 3.99. The van der Waals surface area contributed by atoms with Gasteiger partial charge < -0.3 is 15.3 Å². The van der Waals surface area contributed by atoms with Crippen LogP contribution in [0.3, 0.4) is 0 Å². The first kappa shape index (κ1) is 13.4. The topological polar surface area (TPSA) is 78.4 Å². The molecule has 1 aromatic rings. The van der Waals surface area contributed by atoms with Crippen LogP contribution in [-0.2, 0) is 0 Å². The zero-order chi connectivity index (χ0) is 12.7. The third-order valence-corrected chi connectivity index (χ3v) is 2.21. The lowest BCUT2D eigenvalue weighted by molar-refractivity contribution is 0.0761. The smallest absolute Gasteiger partial charge is 0.273 e. The van der Waals surface area contributed by atoms with E-state index in [1.54, 1.807) is 7.05 Å². The number of aliphatic hydroxyl groups excluding tert-OH is 1. The lowest BCUT2D eigenvalue weighted by Crippen LogP contribution is -2.30. The second kappa shape index (κ2) is 6.80. The monoisotopic (exact) mass is 238 g/mol. The minimum Gasteiger partial charge on any atom is -0.395 e. The van der Waals surface area contributed by atoms with E-state index in [1.807, 2.05) is 0 Å². The fourth-order valence-electron chi connectivity index (χ4n) is 1.23. The highest BCUT2D eigenvalue weighted by Gasteiger charge is 2.12. The van der Waals surface area contributed by atoms with Crippen LogP contribution in [0.5, 0.6) is 0 Å². The van der Waals surface area contributed by atoms with Crippen molar-refractivity contribution in [3.05, 3.63) is 18.1 Å². The molecular weight excluding hydrogens is 220 g/mol. The third-order valence-electron chi connectivity index (χ3n) is 2.21. The van der Waals surface area contributed by atoms with Crippen molar-refractivity contribution in [2.75, 3.05) is 32.1 Å². The van der Waals surface area contributed by atoms with E-state index in [2.05, 4.69) is 22.2 Å². The van der Waals surface area contributed by atoms with E-state index in [9.17, 15) is 4.79 Å². The number of rotatable bonds is 6. The van der Waals surface area contributed by atoms with Gasteiger partial charge in [0, 0.05) is 20.1 Å². The summed E-state index contributed by atoms with van der Waals surface area (Å²) in [6.07, 6.45) is 3.98. The average Bonchev–Trinajstić information content (AvgIpc) is 2.36. The van der Waals surface area contributed by atoms with E-state index >= 15 is 0 Å². The van der Waals surface area contributed by atoms with Crippen LogP contribution < -0.4 is 5.32 Å². The molecule has 6 nitrogen and oxygen atoms in total. The maximum absolute atomic E-state index is 11.8. The van der Waals surface area contributed by atoms with Gasteiger partial charge in [-0.2, -0.15) is 0 Å². The normalized spacial score (nSPS) is 10.1. The summed E-state index contributed by atoms with van der Waals surface area (Å²) >= 11 is 0. The number of nitrogens with zero attached hydrogens (tertiary/aromatic N) is 3. The minimum absolute atomic E-state index is 0.0637. The van der Waals surface area contributed by atoms with Gasteiger partial charge in [-0.15, -0.1) is 0 Å². The van der Waals surface area contributed by atoms with Crippen LogP contribution >= 0.6 is 0 Å². The summed E-state index contributed by atoms with van der Waals surface area (Å²) < 4.78 is 0. The molecule has 0 saturated carbocycles. The molecule has 0 radical (unpaired) electrons. The predicted octanol–water partition coefficient (Wildman–Crippen LogP) is 0.363. The Hall–Kier alpha value is -1.69. The molecule has 6 heteroatoms. The number of aliphatic hydroxyl groups is 1. The lowest BCUT2D eigenvalue weighted by atomic mass is 10.4. The SMILES string of the molecule is CCCNc1cnc(C(=O)N(C)CCO)cn1. The number of nitrogens with one attached hydrogen (secondary N) is 1. The first-order valence-corrected chi connectivity index (χ1v) is 5.61. The van der Waals surface area contributed by atoms with Gasteiger partial charge in [0.25, 0.3) is 5.91 Å². The number of hydrogen-bond donors (Lipinski definition) is 2. The summed E-state index contributed by atoms with van der Waals surface area (Å²) in [5.74, 6) is 0.418. The number of anilines is 1. The fourth-order valence-corrected chi connectivity index (χ4v) is 1.23. The Bertz CT molecular complexity index is 353. The Morgan fingerprint density at radius 2 is 2.24 bits per heavy atom. The Kier molecular flexibility index (Phi) is 5.35. The van der Waals surface area contributed by atoms with Gasteiger partial charge in [0.15, 0.2) is 0 Å². The molecule has 0 bridgehead atoms. The molecule has 0 saturated heterocycles. The highest BCUT2D eigenvalue weighted by molar-refractivity contribution is 5.91. The molecule has 1 rings (SSSR count). The Labute approximate surface area is 101 Å². The van der Waals surface area contributed by atoms with Crippen molar-refractivity contribution < 1.29 is 9.90 Å². The first-order valence-electron chi connectivity index (χ1n) is 5.61. The molecule has 0 unspecified atom stereocenters. The highest BCUT2D eigenvalue weighted by atomic mass is 16.3. The van der Waals surface area contributed by atoms with Crippen LogP contribution in [0.4, 0.5) is 5.82 Å². The number of likely N-dealkylation sites (N-methyl/N-ethyl adjacent to an activating group) is 1. The van der Waals surface area contributed by atoms with Crippen LogP contribution in [0.1, 0.15) is 23.8 Å². The van der Waals surface area contributed by atoms with Crippen molar-refractivity contribution in [3.8, 4) is 0 Å². The van der Waals surface area contributed by atoms with Gasteiger partial charge in [0.05, 0.1) is 19.0 Å². The molecular formula is C11H18N4O2. The molecule has 1 heterocycles. The van der Waals surface area contributed by atoms with Crippen molar-refractivity contribution in [1.82, 2.24) is 14.9 Å². The molecule has 17 heavy (non-hydrogen) atoms. The number of amides is 1. The quantitative estimate of drug-likeness (QED) is 0.748. The van der Waals surface area contributed by atoms with Gasteiger partial charge >= 0.3 is 0 Å². The molecule has 1 amide bonds. The number of hydrogen-bond acceptors (Lipinski definition) is 5. The molecule has 2 N–H and O–H groups in total. The molecule has 0 spiro atoms. The van der Waals surface area contributed by atoms with Crippen molar-refractivity contribution in [2.45, 2.75) is 13.3 Å². The van der Waals surface area contributed by atoms with Gasteiger partial charge in [-0.25, -0.2) is 9.97 Å². The summed E-state index contributed by atoms with van der Waals surface area (Å²) in [6, 6.07) is 0. The van der Waals surface area contributed by atoms with Crippen molar-refractivity contribution in [3.63, 3.8) is 0 Å². The zero-order valence-electron chi connectivity index (χ0n) is 10.2. The largest absolute Gasteiger partial charge is 0.395 e. The van der Waals surface area contributed by atoms with Crippen LogP contribution in [0.2, 0.25) is 0 Å². The Morgan fingerprint density at radius 1 is 1.47 bits per heavy atom. The Balaban J connectivity index is 2.63. The highest BCUT2D eigenvalue weighted by Crippen LogP contribution is 2.03. The van der Waals surface area contributed by atoms with Crippen molar-refractivity contribution in [2.24, 2.45) is 0 Å². The molecule has 1 aromatic heterocycles. The molecule has 0 aliphatic rings. The van der Waals surface area contributed by atoms with Gasteiger partial charge in [-0.3, -0.25) is 4.79 Å². The second-order valence-electron chi connectivity index (χ2n) is 3.66. The predicted molar refractivity (Wildman–Crippen MR) is 64.9 cm³/mol. The van der Waals surface area contributed by atoms with Crippen LogP contribution in [0.15, 0.2) is 12.4 Å². The van der Waals surface area contributed by atoms with Crippen LogP contribution in [0.25, 0.3) is 0 Å². The van der Waals surface area contributed by atoms with E-state index in [-0.39, 0.29) is 24.8 Å². The summed E-state index contributed by atoms with van der Waals surface area (Å²) in [5.41, 5.74) is 0.281. The number of carbonyl (C=O) groups excluding carboxylic acids is 1. The van der Waals surface area contributed by atoms with E-state index in [1.165, 1.54) is 17.3 Å². The maximum Gasteiger partial charge on any atom is 0.273 e. The van der Waals surface area contributed by atoms with E-state index in [0.29, 0.717) is 5.82 Å². The summed E-state index contributed by atoms with van der Waals surface area (Å²) in [7, 11) is 1.61. The number of aromatic nitrogens is 2. The van der Waals surface area contributed by atoms with Gasteiger partial charge in [-0.05, 0) is 6.42 Å². The Morgan fingerprint density at radius 3 is 2.76 bits per heavy atom. The summed E-state index contributed by atoms with van der Waals surface area (Å²) in [4.78, 5) is 21.3. The van der Waals surface area contributed by atoms with E-state index in [4.69, 9.17) is 5.11 Å². The van der Waals surface area contributed by atoms with E-state index in [0.717, 1.165) is 13.0 Å².